The molecule has 1 aliphatic rings. The van der Waals surface area contributed by atoms with Crippen molar-refractivity contribution in [3.63, 3.8) is 0 Å². The number of nitrogens with zero attached hydrogens (tertiary/aromatic N) is 1. The predicted molar refractivity (Wildman–Crippen MR) is 169 cm³/mol. The van der Waals surface area contributed by atoms with Gasteiger partial charge >= 0.3 is 11.9 Å². The second kappa shape index (κ2) is 14.1. The van der Waals surface area contributed by atoms with Crippen molar-refractivity contribution in [2.75, 3.05) is 27.3 Å². The van der Waals surface area contributed by atoms with Crippen LogP contribution in [0.1, 0.15) is 62.7 Å². The second-order valence-electron chi connectivity index (χ2n) is 11.1. The molecule has 1 aliphatic heterocycles. The van der Waals surface area contributed by atoms with Gasteiger partial charge in [-0.25, -0.2) is 9.59 Å². The van der Waals surface area contributed by atoms with Gasteiger partial charge in [0.05, 0.1) is 25.3 Å². The summed E-state index contributed by atoms with van der Waals surface area (Å²) in [5.41, 5.74) is 4.72. The number of likely N-dealkylation sites (tertiary alicyclic amines) is 1. The monoisotopic (exact) mass is 607 g/mol. The fourth-order valence-corrected chi connectivity index (χ4v) is 5.83. The van der Waals surface area contributed by atoms with E-state index in [0.717, 1.165) is 46.6 Å². The van der Waals surface area contributed by atoms with Crippen molar-refractivity contribution in [3.05, 3.63) is 130 Å². The first-order valence-corrected chi connectivity index (χ1v) is 14.9. The van der Waals surface area contributed by atoms with Gasteiger partial charge in [-0.3, -0.25) is 4.79 Å². The van der Waals surface area contributed by atoms with E-state index in [1.54, 1.807) is 31.2 Å². The summed E-state index contributed by atoms with van der Waals surface area (Å²) in [6.07, 6.45) is 1.57. The molecular formula is C37H37NO7. The minimum absolute atomic E-state index is 0.0867. The maximum atomic E-state index is 12.1. The summed E-state index contributed by atoms with van der Waals surface area (Å²) in [7, 11) is 2.73. The van der Waals surface area contributed by atoms with E-state index in [-0.39, 0.29) is 23.3 Å². The zero-order valence-electron chi connectivity index (χ0n) is 25.8. The first kappa shape index (κ1) is 31.3. The number of hydrogen-bond donors (Lipinski definition) is 0. The molecule has 0 bridgehead atoms. The summed E-state index contributed by atoms with van der Waals surface area (Å²) in [6.45, 7) is 3.58. The molecule has 0 saturated carbocycles. The number of rotatable bonds is 10. The average Bonchev–Trinajstić information content (AvgIpc) is 3.09. The summed E-state index contributed by atoms with van der Waals surface area (Å²) >= 11 is 0. The number of piperidine rings is 1. The molecule has 0 N–H and O–H groups in total. The van der Waals surface area contributed by atoms with Crippen LogP contribution in [0.5, 0.6) is 11.5 Å². The van der Waals surface area contributed by atoms with E-state index in [4.69, 9.17) is 18.9 Å². The number of methoxy groups -OCH3 is 2. The Bertz CT molecular complexity index is 1530. The van der Waals surface area contributed by atoms with Crippen molar-refractivity contribution in [2.45, 2.75) is 38.4 Å². The molecule has 0 radical (unpaired) electrons. The topological polar surface area (TPSA) is 91.4 Å². The molecule has 232 valence electrons. The third-order valence-electron chi connectivity index (χ3n) is 8.38. The molecule has 45 heavy (non-hydrogen) atoms. The third kappa shape index (κ3) is 7.34. The normalized spacial score (nSPS) is 13.9. The van der Waals surface area contributed by atoms with Gasteiger partial charge in [-0.05, 0) is 83.6 Å². The molecule has 0 spiro atoms. The second-order valence-corrected chi connectivity index (χ2v) is 11.1. The van der Waals surface area contributed by atoms with Crippen LogP contribution in [0.3, 0.4) is 0 Å². The van der Waals surface area contributed by atoms with E-state index in [9.17, 15) is 14.4 Å². The van der Waals surface area contributed by atoms with Gasteiger partial charge < -0.3 is 23.8 Å². The summed E-state index contributed by atoms with van der Waals surface area (Å²) in [4.78, 5) is 37.8. The van der Waals surface area contributed by atoms with Gasteiger partial charge in [0.25, 0.3) is 0 Å². The lowest BCUT2D eigenvalue weighted by atomic mass is 9.68. The Morgan fingerprint density at radius 3 is 1.44 bits per heavy atom. The Hall–Kier alpha value is -5.11. The number of ether oxygens (including phenoxy) is 4. The van der Waals surface area contributed by atoms with Crippen LogP contribution in [0.4, 0.5) is 0 Å². The van der Waals surface area contributed by atoms with Crippen LogP contribution in [0.15, 0.2) is 97.1 Å². The number of benzene rings is 4. The van der Waals surface area contributed by atoms with Gasteiger partial charge in [0.1, 0.15) is 24.7 Å². The largest absolute Gasteiger partial charge is 0.489 e. The predicted octanol–water partition coefficient (Wildman–Crippen LogP) is 6.35. The summed E-state index contributed by atoms with van der Waals surface area (Å²) in [5, 5.41) is 0. The molecule has 8 heteroatoms. The molecule has 0 atom stereocenters. The fourth-order valence-electron chi connectivity index (χ4n) is 5.83. The summed E-state index contributed by atoms with van der Waals surface area (Å²) in [5.74, 6) is 0.764. The lowest BCUT2D eigenvalue weighted by Gasteiger charge is -2.42. The number of carbonyl (C=O) groups is 3. The van der Waals surface area contributed by atoms with Crippen molar-refractivity contribution in [1.82, 2.24) is 4.90 Å². The zero-order valence-corrected chi connectivity index (χ0v) is 25.8. The van der Waals surface area contributed by atoms with Crippen molar-refractivity contribution >= 4 is 17.8 Å². The highest BCUT2D eigenvalue weighted by molar-refractivity contribution is 5.89. The number of carbonyl (C=O) groups excluding carboxylic acids is 3. The van der Waals surface area contributed by atoms with Crippen LogP contribution >= 0.6 is 0 Å². The maximum absolute atomic E-state index is 12.1. The molecule has 8 nitrogen and oxygen atoms in total. The highest BCUT2D eigenvalue weighted by Gasteiger charge is 2.38. The molecule has 0 aliphatic carbocycles. The van der Waals surface area contributed by atoms with E-state index in [1.807, 2.05) is 53.4 Å². The van der Waals surface area contributed by atoms with E-state index in [0.29, 0.717) is 37.4 Å². The van der Waals surface area contributed by atoms with Gasteiger partial charge in [-0.2, -0.15) is 0 Å². The first-order chi connectivity index (χ1) is 21.8. The molecule has 1 fully saturated rings. The fraction of sp³-hybridized carbons (Fsp3) is 0.270. The quantitative estimate of drug-likeness (QED) is 0.194. The molecule has 4 aromatic carbocycles. The van der Waals surface area contributed by atoms with Crippen LogP contribution < -0.4 is 9.47 Å². The van der Waals surface area contributed by atoms with Crippen LogP contribution in [-0.4, -0.2) is 50.1 Å². The van der Waals surface area contributed by atoms with E-state index >= 15 is 0 Å². The van der Waals surface area contributed by atoms with Crippen LogP contribution in [0.25, 0.3) is 0 Å². The average molecular weight is 608 g/mol. The smallest absolute Gasteiger partial charge is 0.337 e. The zero-order chi connectivity index (χ0) is 31.8. The lowest BCUT2D eigenvalue weighted by molar-refractivity contribution is -0.130. The summed E-state index contributed by atoms with van der Waals surface area (Å²) < 4.78 is 21.7. The van der Waals surface area contributed by atoms with Crippen molar-refractivity contribution in [2.24, 2.45) is 0 Å². The van der Waals surface area contributed by atoms with Gasteiger partial charge in [0, 0.05) is 25.4 Å². The van der Waals surface area contributed by atoms with Gasteiger partial charge in [-0.15, -0.1) is 0 Å². The first-order valence-electron chi connectivity index (χ1n) is 14.9. The SMILES string of the molecule is COC(=O)c1cccc(COc2ccc(C3(c4ccc(OCc5cccc(C(=O)OC)c5)cc4)CCN(C(C)=O)CC3)cc2)c1. The van der Waals surface area contributed by atoms with Crippen molar-refractivity contribution in [3.8, 4) is 11.5 Å². The molecule has 0 unspecified atom stereocenters. The highest BCUT2D eigenvalue weighted by atomic mass is 16.5. The molecule has 5 rings (SSSR count). The molecule has 0 aromatic heterocycles. The van der Waals surface area contributed by atoms with Crippen molar-refractivity contribution < 1.29 is 33.3 Å². The van der Waals surface area contributed by atoms with Gasteiger partial charge in [0.2, 0.25) is 5.91 Å². The molecule has 1 heterocycles. The van der Waals surface area contributed by atoms with Gasteiger partial charge in [0.15, 0.2) is 0 Å². The number of esters is 2. The van der Waals surface area contributed by atoms with E-state index < -0.39 is 0 Å². The Kier molecular flexibility index (Phi) is 9.82. The standard InChI is InChI=1S/C37H37NO7/c1-26(39)38-20-18-37(19-21-38,31-10-14-33(15-11-31)44-24-27-6-4-8-29(22-27)35(40)42-2)32-12-16-34(17-13-32)45-25-28-7-5-9-30(23-28)36(41)43-3/h4-17,22-23H,18-21,24-25H2,1-3H3. The highest BCUT2D eigenvalue weighted by Crippen LogP contribution is 2.43. The van der Waals surface area contributed by atoms with Gasteiger partial charge in [-0.1, -0.05) is 48.5 Å². The van der Waals surface area contributed by atoms with E-state index in [2.05, 4.69) is 24.3 Å². The van der Waals surface area contributed by atoms with Crippen LogP contribution in [0, 0.1) is 0 Å². The van der Waals surface area contributed by atoms with Crippen molar-refractivity contribution in [1.29, 1.82) is 0 Å². The molecule has 1 saturated heterocycles. The maximum Gasteiger partial charge on any atom is 0.337 e. The van der Waals surface area contributed by atoms with E-state index in [1.165, 1.54) is 14.2 Å². The molecule has 4 aromatic rings. The van der Waals surface area contributed by atoms with Crippen LogP contribution in [-0.2, 0) is 32.9 Å². The Morgan fingerprint density at radius 1 is 0.644 bits per heavy atom. The Balaban J connectivity index is 1.31. The van der Waals surface area contributed by atoms with Crippen LogP contribution in [0.2, 0.25) is 0 Å². The Labute approximate surface area is 263 Å². The summed E-state index contributed by atoms with van der Waals surface area (Å²) in [6, 6.07) is 30.7. The minimum Gasteiger partial charge on any atom is -0.489 e. The Morgan fingerprint density at radius 2 is 1.07 bits per heavy atom. The molecular weight excluding hydrogens is 570 g/mol. The minimum atomic E-state index is -0.382. The number of hydrogen-bond acceptors (Lipinski definition) is 7. The molecule has 1 amide bonds. The lowest BCUT2D eigenvalue weighted by Crippen LogP contribution is -2.45. The third-order valence-corrected chi connectivity index (χ3v) is 8.38. The number of amides is 1.